The zero-order valence-electron chi connectivity index (χ0n) is 11.2. The van der Waals surface area contributed by atoms with Crippen LogP contribution in [0.2, 0.25) is 0 Å². The van der Waals surface area contributed by atoms with E-state index in [9.17, 15) is 5.11 Å². The molecule has 5 nitrogen and oxygen atoms in total. The van der Waals surface area contributed by atoms with Crippen LogP contribution in [0.5, 0.6) is 11.5 Å². The highest BCUT2D eigenvalue weighted by Gasteiger charge is 2.14. The molecule has 0 radical (unpaired) electrons. The topological polar surface area (TPSA) is 60.0 Å². The lowest BCUT2D eigenvalue weighted by atomic mass is 10.2. The Hall–Kier alpha value is -1.30. The minimum atomic E-state index is -0.496. The fraction of sp³-hybridized carbons (Fsp3) is 0.571. The average Bonchev–Trinajstić information content (AvgIpc) is 2.65. The van der Waals surface area contributed by atoms with E-state index in [2.05, 4.69) is 5.32 Å². The maximum Gasteiger partial charge on any atom is 0.165 e. The minimum absolute atomic E-state index is 0.333. The molecule has 106 valence electrons. The number of hydrogen-bond donors (Lipinski definition) is 2. The summed E-state index contributed by atoms with van der Waals surface area (Å²) in [7, 11) is 1.57. The normalized spacial score (nSPS) is 15.9. The van der Waals surface area contributed by atoms with Crippen LogP contribution in [0.1, 0.15) is 12.0 Å². The molecule has 0 amide bonds. The van der Waals surface area contributed by atoms with Gasteiger partial charge in [0.1, 0.15) is 0 Å². The number of benzene rings is 1. The molecule has 2 rings (SSSR count). The second-order valence-electron chi connectivity index (χ2n) is 4.53. The van der Waals surface area contributed by atoms with Crippen LogP contribution in [0.4, 0.5) is 0 Å². The summed E-state index contributed by atoms with van der Waals surface area (Å²) in [4.78, 5) is 0. The molecule has 5 heteroatoms. The molecule has 0 fully saturated rings. The van der Waals surface area contributed by atoms with Gasteiger partial charge in [-0.15, -0.1) is 0 Å². The van der Waals surface area contributed by atoms with E-state index in [0.29, 0.717) is 32.9 Å². The van der Waals surface area contributed by atoms with Crippen molar-refractivity contribution in [2.24, 2.45) is 0 Å². The fourth-order valence-corrected chi connectivity index (χ4v) is 2.02. The fourth-order valence-electron chi connectivity index (χ4n) is 2.02. The predicted octanol–water partition coefficient (Wildman–Crippen LogP) is 0.945. The molecule has 1 aromatic carbocycles. The molecule has 0 spiro atoms. The summed E-state index contributed by atoms with van der Waals surface area (Å²) in [6.07, 6.45) is 0.401. The molecular weight excluding hydrogens is 246 g/mol. The van der Waals surface area contributed by atoms with Crippen molar-refractivity contribution < 1.29 is 19.3 Å². The van der Waals surface area contributed by atoms with Crippen molar-refractivity contribution in [1.82, 2.24) is 5.32 Å². The number of aliphatic hydroxyl groups excluding tert-OH is 1. The number of fused-ring (bicyclic) bond motifs is 1. The van der Waals surface area contributed by atoms with Crippen LogP contribution in [0.15, 0.2) is 18.2 Å². The predicted molar refractivity (Wildman–Crippen MR) is 71.6 cm³/mol. The molecule has 1 heterocycles. The Morgan fingerprint density at radius 1 is 1.37 bits per heavy atom. The van der Waals surface area contributed by atoms with Gasteiger partial charge in [0.2, 0.25) is 0 Å². The van der Waals surface area contributed by atoms with Crippen molar-refractivity contribution >= 4 is 0 Å². The molecule has 0 saturated carbocycles. The molecule has 0 aliphatic carbocycles. The van der Waals surface area contributed by atoms with Crippen LogP contribution in [-0.2, 0) is 11.3 Å². The van der Waals surface area contributed by atoms with Crippen LogP contribution in [0, 0.1) is 0 Å². The van der Waals surface area contributed by atoms with Crippen LogP contribution < -0.4 is 14.8 Å². The van der Waals surface area contributed by atoms with Crippen LogP contribution >= 0.6 is 0 Å². The summed E-state index contributed by atoms with van der Waals surface area (Å²) < 4.78 is 16.2. The summed E-state index contributed by atoms with van der Waals surface area (Å²) in [6.45, 7) is 2.82. The summed E-state index contributed by atoms with van der Waals surface area (Å²) >= 11 is 0. The Bertz CT molecular complexity index is 397. The Balaban J connectivity index is 1.93. The molecule has 1 aromatic rings. The van der Waals surface area contributed by atoms with Crippen molar-refractivity contribution in [1.29, 1.82) is 0 Å². The first-order chi connectivity index (χ1) is 9.31. The Labute approximate surface area is 113 Å². The molecule has 1 aliphatic rings. The molecule has 1 aliphatic heterocycles. The number of methoxy groups -OCH3 is 1. The molecule has 0 aromatic heterocycles. The van der Waals surface area contributed by atoms with Crippen molar-refractivity contribution in [3.05, 3.63) is 23.8 Å². The van der Waals surface area contributed by atoms with Crippen LogP contribution in [0.3, 0.4) is 0 Å². The first-order valence-corrected chi connectivity index (χ1v) is 6.56. The zero-order chi connectivity index (χ0) is 13.5. The zero-order valence-corrected chi connectivity index (χ0v) is 11.2. The van der Waals surface area contributed by atoms with Crippen molar-refractivity contribution in [3.8, 4) is 11.5 Å². The number of nitrogens with one attached hydrogen (secondary N) is 1. The maximum atomic E-state index is 9.57. The molecule has 1 unspecified atom stereocenters. The number of aliphatic hydroxyl groups is 1. The SMILES string of the molecule is COCC(O)CNCc1cccc2c1OCCCO2. The molecule has 0 bridgehead atoms. The van der Waals surface area contributed by atoms with Gasteiger partial charge in [0.15, 0.2) is 11.5 Å². The second kappa shape index (κ2) is 7.33. The molecule has 2 N–H and O–H groups in total. The van der Waals surface area contributed by atoms with E-state index in [1.54, 1.807) is 7.11 Å². The number of para-hydroxylation sites is 1. The summed E-state index contributed by atoms with van der Waals surface area (Å²) in [5, 5.41) is 12.8. The van der Waals surface area contributed by atoms with Crippen molar-refractivity contribution in [2.45, 2.75) is 19.1 Å². The largest absolute Gasteiger partial charge is 0.490 e. The number of rotatable bonds is 6. The van der Waals surface area contributed by atoms with Crippen molar-refractivity contribution in [3.63, 3.8) is 0 Å². The number of ether oxygens (including phenoxy) is 3. The second-order valence-corrected chi connectivity index (χ2v) is 4.53. The van der Waals surface area contributed by atoms with Crippen LogP contribution in [-0.4, -0.2) is 44.7 Å². The summed E-state index contributed by atoms with van der Waals surface area (Å²) in [5.41, 5.74) is 1.05. The van der Waals surface area contributed by atoms with Gasteiger partial charge < -0.3 is 24.6 Å². The Kier molecular flexibility index (Phi) is 5.44. The smallest absolute Gasteiger partial charge is 0.165 e. The summed E-state index contributed by atoms with van der Waals surface area (Å²) in [6, 6.07) is 5.88. The minimum Gasteiger partial charge on any atom is -0.490 e. The Morgan fingerprint density at radius 3 is 3.05 bits per heavy atom. The van der Waals surface area contributed by atoms with Gasteiger partial charge in [-0.25, -0.2) is 0 Å². The van der Waals surface area contributed by atoms with Gasteiger partial charge in [-0.3, -0.25) is 0 Å². The molecular formula is C14H21NO4. The third kappa shape index (κ3) is 4.09. The van der Waals surface area contributed by atoms with E-state index in [4.69, 9.17) is 14.2 Å². The van der Waals surface area contributed by atoms with E-state index in [1.807, 2.05) is 18.2 Å². The standard InChI is InChI=1S/C14H21NO4/c1-17-10-12(16)9-15-8-11-4-2-5-13-14(11)19-7-3-6-18-13/h2,4-5,12,15-16H,3,6-10H2,1H3. The third-order valence-electron chi connectivity index (χ3n) is 2.91. The first kappa shape index (κ1) is 14.1. The highest BCUT2D eigenvalue weighted by atomic mass is 16.5. The van der Waals surface area contributed by atoms with Gasteiger partial charge in [0, 0.05) is 32.2 Å². The van der Waals surface area contributed by atoms with Crippen LogP contribution in [0.25, 0.3) is 0 Å². The lowest BCUT2D eigenvalue weighted by molar-refractivity contribution is 0.0643. The van der Waals surface area contributed by atoms with Gasteiger partial charge in [0.05, 0.1) is 25.9 Å². The van der Waals surface area contributed by atoms with Gasteiger partial charge in [-0.2, -0.15) is 0 Å². The van der Waals surface area contributed by atoms with E-state index in [-0.39, 0.29) is 0 Å². The molecule has 19 heavy (non-hydrogen) atoms. The van der Waals surface area contributed by atoms with E-state index in [0.717, 1.165) is 23.5 Å². The lowest BCUT2D eigenvalue weighted by Gasteiger charge is -2.14. The average molecular weight is 267 g/mol. The maximum absolute atomic E-state index is 9.57. The van der Waals surface area contributed by atoms with E-state index >= 15 is 0 Å². The Morgan fingerprint density at radius 2 is 2.21 bits per heavy atom. The monoisotopic (exact) mass is 267 g/mol. The summed E-state index contributed by atoms with van der Waals surface area (Å²) in [5.74, 6) is 1.61. The van der Waals surface area contributed by atoms with Gasteiger partial charge in [-0.05, 0) is 6.07 Å². The van der Waals surface area contributed by atoms with Crippen molar-refractivity contribution in [2.75, 3.05) is 33.5 Å². The quantitative estimate of drug-likeness (QED) is 0.803. The lowest BCUT2D eigenvalue weighted by Crippen LogP contribution is -2.29. The van der Waals surface area contributed by atoms with Gasteiger partial charge in [0.25, 0.3) is 0 Å². The first-order valence-electron chi connectivity index (χ1n) is 6.56. The van der Waals surface area contributed by atoms with Gasteiger partial charge >= 0.3 is 0 Å². The van der Waals surface area contributed by atoms with Gasteiger partial charge in [-0.1, -0.05) is 12.1 Å². The molecule has 0 saturated heterocycles. The highest BCUT2D eigenvalue weighted by Crippen LogP contribution is 2.32. The molecule has 1 atom stereocenters. The van der Waals surface area contributed by atoms with E-state index in [1.165, 1.54) is 0 Å². The van der Waals surface area contributed by atoms with E-state index < -0.39 is 6.10 Å². The number of hydrogen-bond acceptors (Lipinski definition) is 5. The highest BCUT2D eigenvalue weighted by molar-refractivity contribution is 5.47. The third-order valence-corrected chi connectivity index (χ3v) is 2.91.